The van der Waals surface area contributed by atoms with Crippen molar-refractivity contribution in [1.82, 2.24) is 0 Å². The predicted molar refractivity (Wildman–Crippen MR) is 84.4 cm³/mol. The Morgan fingerprint density at radius 3 is 2.52 bits per heavy atom. The molecule has 2 aromatic rings. The van der Waals surface area contributed by atoms with E-state index in [1.54, 1.807) is 0 Å². The summed E-state index contributed by atoms with van der Waals surface area (Å²) in [6.07, 6.45) is 0. The summed E-state index contributed by atoms with van der Waals surface area (Å²) in [6.45, 7) is 4.37. The highest BCUT2D eigenvalue weighted by Gasteiger charge is 2.06. The summed E-state index contributed by atoms with van der Waals surface area (Å²) < 4.78 is 5.57. The summed E-state index contributed by atoms with van der Waals surface area (Å²) in [5.74, 6) is 0.508. The Kier molecular flexibility index (Phi) is 4.95. The fourth-order valence-electron chi connectivity index (χ4n) is 1.90. The molecule has 0 saturated heterocycles. The molecule has 1 amide bonds. The first-order valence-electron chi connectivity index (χ1n) is 6.87. The number of hydrogen-bond donors (Lipinski definition) is 2. The lowest BCUT2D eigenvalue weighted by Gasteiger charge is -2.11. The van der Waals surface area contributed by atoms with Gasteiger partial charge in [-0.2, -0.15) is 0 Å². The van der Waals surface area contributed by atoms with Gasteiger partial charge in [0.1, 0.15) is 5.75 Å². The molecular formula is C17H20N2O2. The molecule has 110 valence electrons. The van der Waals surface area contributed by atoms with E-state index in [2.05, 4.69) is 5.32 Å². The molecule has 0 aromatic heterocycles. The lowest BCUT2D eigenvalue weighted by Crippen LogP contribution is -2.20. The SMILES string of the molecule is Cc1ccc(NC(=O)COc2cc(CN)ccc2C)cc1. The molecule has 0 unspecified atom stereocenters. The molecule has 0 aliphatic carbocycles. The molecule has 3 N–H and O–H groups in total. The van der Waals surface area contributed by atoms with E-state index in [9.17, 15) is 4.79 Å². The molecule has 0 aliphatic rings. The minimum absolute atomic E-state index is 0.0251. The highest BCUT2D eigenvalue weighted by Crippen LogP contribution is 2.19. The summed E-state index contributed by atoms with van der Waals surface area (Å²) in [4.78, 5) is 11.9. The molecule has 0 fully saturated rings. The van der Waals surface area contributed by atoms with E-state index in [0.717, 1.165) is 22.4 Å². The molecule has 0 saturated carbocycles. The van der Waals surface area contributed by atoms with Crippen LogP contribution in [0.25, 0.3) is 0 Å². The van der Waals surface area contributed by atoms with Crippen LogP contribution in [-0.4, -0.2) is 12.5 Å². The number of aryl methyl sites for hydroxylation is 2. The maximum atomic E-state index is 11.9. The number of nitrogens with one attached hydrogen (secondary N) is 1. The Balaban J connectivity index is 1.93. The van der Waals surface area contributed by atoms with Crippen LogP contribution in [0.5, 0.6) is 5.75 Å². The molecular weight excluding hydrogens is 264 g/mol. The number of nitrogens with two attached hydrogens (primary N) is 1. The molecule has 4 nitrogen and oxygen atoms in total. The van der Waals surface area contributed by atoms with Crippen LogP contribution in [-0.2, 0) is 11.3 Å². The lowest BCUT2D eigenvalue weighted by atomic mass is 10.1. The highest BCUT2D eigenvalue weighted by molar-refractivity contribution is 5.91. The maximum Gasteiger partial charge on any atom is 0.262 e. The van der Waals surface area contributed by atoms with Gasteiger partial charge in [-0.1, -0.05) is 29.8 Å². The zero-order valence-electron chi connectivity index (χ0n) is 12.3. The van der Waals surface area contributed by atoms with Gasteiger partial charge in [-0.15, -0.1) is 0 Å². The molecule has 2 aromatic carbocycles. The minimum atomic E-state index is -0.184. The van der Waals surface area contributed by atoms with E-state index in [-0.39, 0.29) is 12.5 Å². The molecule has 0 aliphatic heterocycles. The van der Waals surface area contributed by atoms with E-state index in [1.807, 2.05) is 56.3 Å². The van der Waals surface area contributed by atoms with Gasteiger partial charge in [0.15, 0.2) is 6.61 Å². The zero-order valence-corrected chi connectivity index (χ0v) is 12.3. The lowest BCUT2D eigenvalue weighted by molar-refractivity contribution is -0.118. The van der Waals surface area contributed by atoms with Gasteiger partial charge >= 0.3 is 0 Å². The van der Waals surface area contributed by atoms with Gasteiger partial charge < -0.3 is 15.8 Å². The Labute approximate surface area is 124 Å². The highest BCUT2D eigenvalue weighted by atomic mass is 16.5. The monoisotopic (exact) mass is 284 g/mol. The number of carbonyl (C=O) groups excluding carboxylic acids is 1. The van der Waals surface area contributed by atoms with Gasteiger partial charge in [-0.25, -0.2) is 0 Å². The van der Waals surface area contributed by atoms with Crippen LogP contribution in [0.3, 0.4) is 0 Å². The van der Waals surface area contributed by atoms with E-state index in [0.29, 0.717) is 12.3 Å². The van der Waals surface area contributed by atoms with Crippen molar-refractivity contribution >= 4 is 11.6 Å². The van der Waals surface area contributed by atoms with Crippen molar-refractivity contribution in [2.75, 3.05) is 11.9 Å². The molecule has 0 atom stereocenters. The maximum absolute atomic E-state index is 11.9. The van der Waals surface area contributed by atoms with Crippen LogP contribution in [0.4, 0.5) is 5.69 Å². The van der Waals surface area contributed by atoms with Gasteiger partial charge in [0.2, 0.25) is 0 Å². The molecule has 0 bridgehead atoms. The number of ether oxygens (including phenoxy) is 1. The second-order valence-corrected chi connectivity index (χ2v) is 5.01. The van der Waals surface area contributed by atoms with Crippen molar-refractivity contribution in [2.45, 2.75) is 20.4 Å². The first-order chi connectivity index (χ1) is 10.1. The standard InChI is InChI=1S/C17H20N2O2/c1-12-3-7-15(8-4-12)19-17(20)11-21-16-9-14(10-18)6-5-13(16)2/h3-9H,10-11,18H2,1-2H3,(H,19,20). The van der Waals surface area contributed by atoms with E-state index >= 15 is 0 Å². The van der Waals surface area contributed by atoms with Gasteiger partial charge in [-0.3, -0.25) is 4.79 Å². The normalized spacial score (nSPS) is 10.2. The first kappa shape index (κ1) is 15.1. The molecule has 0 heterocycles. The Hall–Kier alpha value is -2.33. The topological polar surface area (TPSA) is 64.3 Å². The smallest absolute Gasteiger partial charge is 0.262 e. The Morgan fingerprint density at radius 1 is 1.14 bits per heavy atom. The summed E-state index contributed by atoms with van der Waals surface area (Å²) in [5.41, 5.74) is 9.48. The number of hydrogen-bond acceptors (Lipinski definition) is 3. The minimum Gasteiger partial charge on any atom is -0.483 e. The van der Waals surface area contributed by atoms with Crippen LogP contribution >= 0.6 is 0 Å². The molecule has 0 spiro atoms. The summed E-state index contributed by atoms with van der Waals surface area (Å²) in [5, 5.41) is 2.80. The van der Waals surface area contributed by atoms with E-state index < -0.39 is 0 Å². The fraction of sp³-hybridized carbons (Fsp3) is 0.235. The third-order valence-electron chi connectivity index (χ3n) is 3.18. The van der Waals surface area contributed by atoms with Crippen molar-refractivity contribution in [2.24, 2.45) is 5.73 Å². The van der Waals surface area contributed by atoms with Crippen LogP contribution in [0.1, 0.15) is 16.7 Å². The molecule has 0 radical (unpaired) electrons. The fourth-order valence-corrected chi connectivity index (χ4v) is 1.90. The third kappa shape index (κ3) is 4.33. The summed E-state index contributed by atoms with van der Waals surface area (Å²) in [7, 11) is 0. The van der Waals surface area contributed by atoms with Gasteiger partial charge in [0, 0.05) is 12.2 Å². The number of amides is 1. The quantitative estimate of drug-likeness (QED) is 0.887. The predicted octanol–water partition coefficient (Wildman–Crippen LogP) is 2.78. The molecule has 21 heavy (non-hydrogen) atoms. The van der Waals surface area contributed by atoms with Crippen molar-refractivity contribution < 1.29 is 9.53 Å². The van der Waals surface area contributed by atoms with Crippen LogP contribution in [0, 0.1) is 13.8 Å². The van der Waals surface area contributed by atoms with E-state index in [4.69, 9.17) is 10.5 Å². The number of carbonyl (C=O) groups is 1. The summed E-state index contributed by atoms with van der Waals surface area (Å²) in [6, 6.07) is 13.4. The molecule has 4 heteroatoms. The largest absolute Gasteiger partial charge is 0.483 e. The number of rotatable bonds is 5. The van der Waals surface area contributed by atoms with Crippen molar-refractivity contribution in [1.29, 1.82) is 0 Å². The average molecular weight is 284 g/mol. The molecule has 2 rings (SSSR count). The number of anilines is 1. The van der Waals surface area contributed by atoms with Crippen LogP contribution < -0.4 is 15.8 Å². The van der Waals surface area contributed by atoms with Crippen LogP contribution in [0.15, 0.2) is 42.5 Å². The zero-order chi connectivity index (χ0) is 15.2. The van der Waals surface area contributed by atoms with Gasteiger partial charge in [-0.05, 0) is 43.2 Å². The third-order valence-corrected chi connectivity index (χ3v) is 3.18. The van der Waals surface area contributed by atoms with Gasteiger partial charge in [0.25, 0.3) is 5.91 Å². The van der Waals surface area contributed by atoms with Crippen molar-refractivity contribution in [3.8, 4) is 5.75 Å². The van der Waals surface area contributed by atoms with Crippen LogP contribution in [0.2, 0.25) is 0 Å². The van der Waals surface area contributed by atoms with E-state index in [1.165, 1.54) is 0 Å². The Morgan fingerprint density at radius 2 is 1.86 bits per heavy atom. The second kappa shape index (κ2) is 6.90. The average Bonchev–Trinajstić information content (AvgIpc) is 2.49. The first-order valence-corrected chi connectivity index (χ1v) is 6.87. The summed E-state index contributed by atoms with van der Waals surface area (Å²) >= 11 is 0. The second-order valence-electron chi connectivity index (χ2n) is 5.01. The van der Waals surface area contributed by atoms with Crippen molar-refractivity contribution in [3.05, 3.63) is 59.2 Å². The van der Waals surface area contributed by atoms with Crippen molar-refractivity contribution in [3.63, 3.8) is 0 Å². The number of benzene rings is 2. The van der Waals surface area contributed by atoms with Gasteiger partial charge in [0.05, 0.1) is 0 Å². The Bertz CT molecular complexity index is 621.